The van der Waals surface area contributed by atoms with E-state index < -0.39 is 0 Å². The minimum absolute atomic E-state index is 0.297. The Labute approximate surface area is 152 Å². The standard InChI is InChI=1S/C21H18N4O/c1-2-25(17-9-4-3-5-10-17)18-12-13-20(23-15-18)21(26)24-19-11-7-6-8-16(19)14-22/h3-13,15H,2H2,1H3,(H,24,26). The van der Waals surface area contributed by atoms with Gasteiger partial charge in [-0.05, 0) is 43.3 Å². The number of carbonyl (C=O) groups is 1. The van der Waals surface area contributed by atoms with Crippen LogP contribution in [0, 0.1) is 11.3 Å². The minimum Gasteiger partial charge on any atom is -0.341 e. The maximum absolute atomic E-state index is 12.4. The fraction of sp³-hybridized carbons (Fsp3) is 0.0952. The summed E-state index contributed by atoms with van der Waals surface area (Å²) in [4.78, 5) is 18.8. The molecule has 2 aromatic carbocycles. The number of nitrogens with one attached hydrogen (secondary N) is 1. The number of rotatable bonds is 5. The lowest BCUT2D eigenvalue weighted by atomic mass is 10.2. The van der Waals surface area contributed by atoms with Crippen molar-refractivity contribution >= 4 is 23.0 Å². The van der Waals surface area contributed by atoms with Crippen molar-refractivity contribution in [2.75, 3.05) is 16.8 Å². The number of carbonyl (C=O) groups excluding carboxylic acids is 1. The molecule has 5 nitrogen and oxygen atoms in total. The predicted octanol–water partition coefficient (Wildman–Crippen LogP) is 4.36. The summed E-state index contributed by atoms with van der Waals surface area (Å²) in [6.07, 6.45) is 1.68. The van der Waals surface area contributed by atoms with E-state index in [0.717, 1.165) is 17.9 Å². The van der Waals surface area contributed by atoms with E-state index in [9.17, 15) is 4.79 Å². The fourth-order valence-corrected chi connectivity index (χ4v) is 2.68. The molecule has 0 saturated heterocycles. The maximum Gasteiger partial charge on any atom is 0.274 e. The lowest BCUT2D eigenvalue weighted by Crippen LogP contribution is -2.18. The molecular formula is C21H18N4O. The van der Waals surface area contributed by atoms with Crippen LogP contribution in [-0.2, 0) is 0 Å². The summed E-state index contributed by atoms with van der Waals surface area (Å²) < 4.78 is 0. The van der Waals surface area contributed by atoms with Gasteiger partial charge in [-0.2, -0.15) is 5.26 Å². The fourth-order valence-electron chi connectivity index (χ4n) is 2.68. The highest BCUT2D eigenvalue weighted by Crippen LogP contribution is 2.24. The highest BCUT2D eigenvalue weighted by molar-refractivity contribution is 6.03. The quantitative estimate of drug-likeness (QED) is 0.748. The second-order valence-electron chi connectivity index (χ2n) is 5.59. The Bertz CT molecular complexity index is 930. The van der Waals surface area contributed by atoms with E-state index in [0.29, 0.717) is 16.9 Å². The molecule has 1 aromatic heterocycles. The number of hydrogen-bond donors (Lipinski definition) is 1. The third-order valence-corrected chi connectivity index (χ3v) is 3.97. The van der Waals surface area contributed by atoms with Gasteiger partial charge in [-0.1, -0.05) is 30.3 Å². The first-order valence-electron chi connectivity index (χ1n) is 8.32. The molecule has 1 N–H and O–H groups in total. The number of hydrogen-bond acceptors (Lipinski definition) is 4. The molecule has 0 aliphatic heterocycles. The minimum atomic E-state index is -0.345. The first kappa shape index (κ1) is 17.2. The number of anilines is 3. The van der Waals surface area contributed by atoms with Crippen molar-refractivity contribution in [3.63, 3.8) is 0 Å². The highest BCUT2D eigenvalue weighted by Gasteiger charge is 2.12. The van der Waals surface area contributed by atoms with E-state index in [1.165, 1.54) is 0 Å². The monoisotopic (exact) mass is 342 g/mol. The molecule has 0 aliphatic rings. The van der Waals surface area contributed by atoms with Crippen molar-refractivity contribution in [1.82, 2.24) is 4.98 Å². The van der Waals surface area contributed by atoms with E-state index in [1.54, 1.807) is 36.5 Å². The van der Waals surface area contributed by atoms with E-state index in [1.807, 2.05) is 36.4 Å². The summed E-state index contributed by atoms with van der Waals surface area (Å²) >= 11 is 0. The summed E-state index contributed by atoms with van der Waals surface area (Å²) in [6.45, 7) is 2.85. The average Bonchev–Trinajstić information content (AvgIpc) is 2.70. The molecule has 0 unspecified atom stereocenters. The Hall–Kier alpha value is -3.65. The lowest BCUT2D eigenvalue weighted by Gasteiger charge is -2.23. The van der Waals surface area contributed by atoms with Crippen LogP contribution in [0.2, 0.25) is 0 Å². The molecule has 0 atom stereocenters. The Morgan fingerprint density at radius 1 is 1.04 bits per heavy atom. The molecule has 1 heterocycles. The van der Waals surface area contributed by atoms with Gasteiger partial charge in [-0.15, -0.1) is 0 Å². The molecule has 0 fully saturated rings. The summed E-state index contributed by atoms with van der Waals surface area (Å²) in [5.74, 6) is -0.345. The van der Waals surface area contributed by atoms with Crippen molar-refractivity contribution in [3.05, 3.63) is 84.2 Å². The van der Waals surface area contributed by atoms with E-state index >= 15 is 0 Å². The van der Waals surface area contributed by atoms with Crippen LogP contribution < -0.4 is 10.2 Å². The molecular weight excluding hydrogens is 324 g/mol. The van der Waals surface area contributed by atoms with Crippen LogP contribution >= 0.6 is 0 Å². The SMILES string of the molecule is CCN(c1ccccc1)c1ccc(C(=O)Nc2ccccc2C#N)nc1. The second kappa shape index (κ2) is 7.95. The Balaban J connectivity index is 1.79. The van der Waals surface area contributed by atoms with E-state index in [-0.39, 0.29) is 5.91 Å². The van der Waals surface area contributed by atoms with Gasteiger partial charge in [-0.25, -0.2) is 4.98 Å². The topological polar surface area (TPSA) is 69.0 Å². The van der Waals surface area contributed by atoms with Gasteiger partial charge in [0.2, 0.25) is 0 Å². The van der Waals surface area contributed by atoms with Gasteiger partial charge in [0.25, 0.3) is 5.91 Å². The zero-order valence-corrected chi connectivity index (χ0v) is 14.4. The molecule has 0 radical (unpaired) electrons. The van der Waals surface area contributed by atoms with Gasteiger partial charge < -0.3 is 10.2 Å². The number of aromatic nitrogens is 1. The Morgan fingerprint density at radius 2 is 1.77 bits per heavy atom. The first-order chi connectivity index (χ1) is 12.7. The van der Waals surface area contributed by atoms with Crippen LogP contribution in [0.5, 0.6) is 0 Å². The largest absolute Gasteiger partial charge is 0.341 e. The number of benzene rings is 2. The third-order valence-electron chi connectivity index (χ3n) is 3.97. The Kier molecular flexibility index (Phi) is 5.25. The van der Waals surface area contributed by atoms with Gasteiger partial charge in [0.1, 0.15) is 11.8 Å². The first-order valence-corrected chi connectivity index (χ1v) is 8.32. The van der Waals surface area contributed by atoms with Crippen LogP contribution in [0.25, 0.3) is 0 Å². The van der Waals surface area contributed by atoms with Crippen LogP contribution in [0.4, 0.5) is 17.1 Å². The second-order valence-corrected chi connectivity index (χ2v) is 5.59. The van der Waals surface area contributed by atoms with Crippen molar-refractivity contribution < 1.29 is 4.79 Å². The van der Waals surface area contributed by atoms with Crippen molar-refractivity contribution in [2.45, 2.75) is 6.92 Å². The average molecular weight is 342 g/mol. The van der Waals surface area contributed by atoms with Gasteiger partial charge in [-0.3, -0.25) is 4.79 Å². The highest BCUT2D eigenvalue weighted by atomic mass is 16.1. The molecule has 0 saturated carbocycles. The summed E-state index contributed by atoms with van der Waals surface area (Å²) in [7, 11) is 0. The molecule has 3 rings (SSSR count). The number of amides is 1. The number of para-hydroxylation sites is 2. The molecule has 1 amide bonds. The van der Waals surface area contributed by atoms with Crippen LogP contribution in [0.1, 0.15) is 23.0 Å². The summed E-state index contributed by atoms with van der Waals surface area (Å²) in [6, 6.07) is 22.5. The number of pyridine rings is 1. The van der Waals surface area contributed by atoms with Gasteiger partial charge in [0, 0.05) is 12.2 Å². The van der Waals surface area contributed by atoms with Gasteiger partial charge in [0.15, 0.2) is 0 Å². The van der Waals surface area contributed by atoms with Gasteiger partial charge >= 0.3 is 0 Å². The van der Waals surface area contributed by atoms with Crippen LogP contribution in [0.15, 0.2) is 72.9 Å². The number of nitriles is 1. The van der Waals surface area contributed by atoms with Crippen LogP contribution in [-0.4, -0.2) is 17.4 Å². The van der Waals surface area contributed by atoms with Crippen molar-refractivity contribution in [3.8, 4) is 6.07 Å². The maximum atomic E-state index is 12.4. The van der Waals surface area contributed by atoms with Crippen molar-refractivity contribution in [1.29, 1.82) is 5.26 Å². The zero-order chi connectivity index (χ0) is 18.4. The lowest BCUT2D eigenvalue weighted by molar-refractivity contribution is 0.102. The normalized spacial score (nSPS) is 10.0. The molecule has 5 heteroatoms. The summed E-state index contributed by atoms with van der Waals surface area (Å²) in [5.41, 5.74) is 3.17. The molecule has 0 spiro atoms. The summed E-state index contributed by atoms with van der Waals surface area (Å²) in [5, 5.41) is 11.8. The van der Waals surface area contributed by atoms with E-state index in [2.05, 4.69) is 28.2 Å². The smallest absolute Gasteiger partial charge is 0.274 e. The molecule has 0 aliphatic carbocycles. The van der Waals surface area contributed by atoms with Crippen LogP contribution in [0.3, 0.4) is 0 Å². The van der Waals surface area contributed by atoms with E-state index in [4.69, 9.17) is 5.26 Å². The number of nitrogens with zero attached hydrogens (tertiary/aromatic N) is 3. The molecule has 128 valence electrons. The third kappa shape index (κ3) is 3.70. The zero-order valence-electron chi connectivity index (χ0n) is 14.4. The predicted molar refractivity (Wildman–Crippen MR) is 102 cm³/mol. The van der Waals surface area contributed by atoms with Crippen molar-refractivity contribution in [2.24, 2.45) is 0 Å². The molecule has 0 bridgehead atoms. The van der Waals surface area contributed by atoms with Gasteiger partial charge in [0.05, 0.1) is 23.1 Å². The molecule has 26 heavy (non-hydrogen) atoms. The Morgan fingerprint density at radius 3 is 2.42 bits per heavy atom. The molecule has 3 aromatic rings.